The van der Waals surface area contributed by atoms with Crippen molar-refractivity contribution >= 4 is 6.16 Å². The lowest BCUT2D eigenvalue weighted by Gasteiger charge is -2.05. The second-order valence-electron chi connectivity index (χ2n) is 2.03. The third kappa shape index (κ3) is 7.23. The Balaban J connectivity index is 2.98. The molecule has 0 bridgehead atoms. The van der Waals surface area contributed by atoms with Crippen LogP contribution < -0.4 is 0 Å². The van der Waals surface area contributed by atoms with Crippen LogP contribution in [0.1, 0.15) is 13.8 Å². The van der Waals surface area contributed by atoms with E-state index in [1.165, 1.54) is 0 Å². The molecule has 0 aliphatic rings. The summed E-state index contributed by atoms with van der Waals surface area (Å²) in [5.41, 5.74) is 0. The molecule has 0 spiro atoms. The summed E-state index contributed by atoms with van der Waals surface area (Å²) in [7, 11) is 0. The predicted octanol–water partition coefficient (Wildman–Crippen LogP) is 1.11. The van der Waals surface area contributed by atoms with Crippen molar-refractivity contribution in [3.8, 4) is 0 Å². The molecule has 4 heteroatoms. The minimum Gasteiger partial charge on any atom is -0.450 e. The summed E-state index contributed by atoms with van der Waals surface area (Å²) in [4.78, 5) is 9.77. The van der Waals surface area contributed by atoms with E-state index in [0.29, 0.717) is 6.61 Å². The molecule has 0 fully saturated rings. The Morgan fingerprint density at radius 2 is 2.10 bits per heavy atom. The third-order valence-electron chi connectivity index (χ3n) is 0.760. The average Bonchev–Trinajstić information content (AvgIpc) is 1.79. The number of hydrogen-bond acceptors (Lipinski definition) is 3. The summed E-state index contributed by atoms with van der Waals surface area (Å²) in [5, 5.41) is 8.00. The highest BCUT2D eigenvalue weighted by Crippen LogP contribution is 1.86. The van der Waals surface area contributed by atoms with Crippen molar-refractivity contribution in [3.05, 3.63) is 0 Å². The second kappa shape index (κ2) is 5.05. The first kappa shape index (κ1) is 9.23. The maximum atomic E-state index is 9.77. The smallest absolute Gasteiger partial charge is 0.450 e. The Morgan fingerprint density at radius 3 is 2.50 bits per heavy atom. The number of rotatable bonds is 4. The van der Waals surface area contributed by atoms with Gasteiger partial charge in [-0.1, -0.05) is 0 Å². The monoisotopic (exact) mass is 148 g/mol. The fourth-order valence-corrected chi connectivity index (χ4v) is 0.413. The molecule has 0 aliphatic heterocycles. The molecule has 1 N–H and O–H groups in total. The van der Waals surface area contributed by atoms with E-state index in [2.05, 4.69) is 4.74 Å². The maximum absolute atomic E-state index is 9.77. The van der Waals surface area contributed by atoms with Crippen molar-refractivity contribution in [2.45, 2.75) is 20.0 Å². The molecule has 0 rings (SSSR count). The Morgan fingerprint density at radius 1 is 1.50 bits per heavy atom. The molecule has 10 heavy (non-hydrogen) atoms. The number of carboxylic acid groups (broad SMARTS) is 1. The van der Waals surface area contributed by atoms with Crippen LogP contribution >= 0.6 is 0 Å². The van der Waals surface area contributed by atoms with Gasteiger partial charge in [0.05, 0.1) is 12.7 Å². The molecule has 0 aliphatic carbocycles. The van der Waals surface area contributed by atoms with Crippen LogP contribution in [0.4, 0.5) is 4.79 Å². The van der Waals surface area contributed by atoms with Crippen LogP contribution in [0.2, 0.25) is 0 Å². The van der Waals surface area contributed by atoms with E-state index < -0.39 is 6.16 Å². The normalized spacial score (nSPS) is 9.90. The van der Waals surface area contributed by atoms with E-state index in [0.717, 1.165) is 0 Å². The number of carbonyl (C=O) groups is 1. The zero-order valence-corrected chi connectivity index (χ0v) is 6.16. The van der Waals surface area contributed by atoms with Crippen LogP contribution in [0.15, 0.2) is 0 Å². The fourth-order valence-electron chi connectivity index (χ4n) is 0.413. The Hall–Kier alpha value is -0.770. The van der Waals surface area contributed by atoms with Gasteiger partial charge in [0.1, 0.15) is 6.61 Å². The van der Waals surface area contributed by atoms with E-state index >= 15 is 0 Å². The largest absolute Gasteiger partial charge is 0.505 e. The van der Waals surface area contributed by atoms with E-state index in [9.17, 15) is 4.79 Å². The van der Waals surface area contributed by atoms with Gasteiger partial charge in [-0.3, -0.25) is 0 Å². The van der Waals surface area contributed by atoms with Gasteiger partial charge in [0, 0.05) is 0 Å². The van der Waals surface area contributed by atoms with Crippen molar-refractivity contribution in [1.29, 1.82) is 0 Å². The highest BCUT2D eigenvalue weighted by molar-refractivity contribution is 5.56. The van der Waals surface area contributed by atoms with Gasteiger partial charge < -0.3 is 14.6 Å². The molecule has 4 nitrogen and oxygen atoms in total. The molecule has 0 amide bonds. The molecule has 0 aromatic carbocycles. The van der Waals surface area contributed by atoms with Gasteiger partial charge in [0.15, 0.2) is 0 Å². The molecule has 0 saturated carbocycles. The molecule has 60 valence electrons. The Kier molecular flexibility index (Phi) is 4.66. The zero-order chi connectivity index (χ0) is 7.98. The van der Waals surface area contributed by atoms with E-state index in [1.54, 1.807) is 0 Å². The fraction of sp³-hybridized carbons (Fsp3) is 0.833. The molecule has 0 radical (unpaired) electrons. The summed E-state index contributed by atoms with van der Waals surface area (Å²) in [6, 6.07) is 0. The molecule has 0 unspecified atom stereocenters. The molecule has 0 atom stereocenters. The van der Waals surface area contributed by atoms with Crippen molar-refractivity contribution in [2.24, 2.45) is 0 Å². The summed E-state index contributed by atoms with van der Waals surface area (Å²) in [5.74, 6) is 0. The van der Waals surface area contributed by atoms with Gasteiger partial charge in [-0.25, -0.2) is 4.79 Å². The van der Waals surface area contributed by atoms with Gasteiger partial charge in [-0.05, 0) is 13.8 Å². The van der Waals surface area contributed by atoms with Crippen LogP contribution in [0.5, 0.6) is 0 Å². The Bertz CT molecular complexity index is 99.9. The first-order valence-corrected chi connectivity index (χ1v) is 3.10. The standard InChI is InChI=1S/C6H12O4/c1-5(2)9-3-4-10-6(7)8/h5H,3-4H2,1-2H3,(H,7,8). The Labute approximate surface area is 59.7 Å². The average molecular weight is 148 g/mol. The highest BCUT2D eigenvalue weighted by Gasteiger charge is 1.96. The van der Waals surface area contributed by atoms with Gasteiger partial charge in [0.2, 0.25) is 0 Å². The summed E-state index contributed by atoms with van der Waals surface area (Å²) < 4.78 is 9.19. The van der Waals surface area contributed by atoms with Gasteiger partial charge in [-0.2, -0.15) is 0 Å². The SMILES string of the molecule is CC(C)OCCOC(=O)O. The van der Waals surface area contributed by atoms with Crippen LogP contribution in [0, 0.1) is 0 Å². The molecular formula is C6H12O4. The van der Waals surface area contributed by atoms with Crippen molar-refractivity contribution < 1.29 is 19.4 Å². The van der Waals surface area contributed by atoms with Crippen molar-refractivity contribution in [3.63, 3.8) is 0 Å². The second-order valence-corrected chi connectivity index (χ2v) is 2.03. The van der Waals surface area contributed by atoms with Gasteiger partial charge >= 0.3 is 6.16 Å². The lowest BCUT2D eigenvalue weighted by molar-refractivity contribution is 0.0245. The molecule has 0 aromatic rings. The predicted molar refractivity (Wildman–Crippen MR) is 35.1 cm³/mol. The van der Waals surface area contributed by atoms with Crippen molar-refractivity contribution in [2.75, 3.05) is 13.2 Å². The number of ether oxygens (including phenoxy) is 2. The molecular weight excluding hydrogens is 136 g/mol. The summed E-state index contributed by atoms with van der Waals surface area (Å²) >= 11 is 0. The highest BCUT2D eigenvalue weighted by atomic mass is 16.7. The third-order valence-corrected chi connectivity index (χ3v) is 0.760. The zero-order valence-electron chi connectivity index (χ0n) is 6.16. The summed E-state index contributed by atoms with van der Waals surface area (Å²) in [6.07, 6.45) is -1.13. The molecule has 0 saturated heterocycles. The van der Waals surface area contributed by atoms with Crippen LogP contribution in [0.25, 0.3) is 0 Å². The minimum atomic E-state index is -1.26. The topological polar surface area (TPSA) is 55.8 Å². The molecule has 0 heterocycles. The first-order chi connectivity index (χ1) is 4.63. The minimum absolute atomic E-state index is 0.105. The maximum Gasteiger partial charge on any atom is 0.505 e. The summed E-state index contributed by atoms with van der Waals surface area (Å²) in [6.45, 7) is 4.18. The first-order valence-electron chi connectivity index (χ1n) is 3.10. The lowest BCUT2D eigenvalue weighted by Crippen LogP contribution is -2.11. The lowest BCUT2D eigenvalue weighted by atomic mass is 10.5. The van der Waals surface area contributed by atoms with E-state index in [-0.39, 0.29) is 12.7 Å². The van der Waals surface area contributed by atoms with E-state index in [1.807, 2.05) is 13.8 Å². The van der Waals surface area contributed by atoms with Crippen molar-refractivity contribution in [1.82, 2.24) is 0 Å². The van der Waals surface area contributed by atoms with Gasteiger partial charge in [0.25, 0.3) is 0 Å². The number of hydrogen-bond donors (Lipinski definition) is 1. The van der Waals surface area contributed by atoms with Crippen LogP contribution in [-0.2, 0) is 9.47 Å². The van der Waals surface area contributed by atoms with E-state index in [4.69, 9.17) is 9.84 Å². The quantitative estimate of drug-likeness (QED) is 0.479. The van der Waals surface area contributed by atoms with Gasteiger partial charge in [-0.15, -0.1) is 0 Å². The van der Waals surface area contributed by atoms with Crippen LogP contribution in [-0.4, -0.2) is 30.6 Å². The molecule has 0 aromatic heterocycles. The van der Waals surface area contributed by atoms with Crippen LogP contribution in [0.3, 0.4) is 0 Å².